The molecule has 5 nitrogen and oxygen atoms in total. The molecule has 1 amide bonds. The van der Waals surface area contributed by atoms with Crippen molar-refractivity contribution in [3.63, 3.8) is 0 Å². The van der Waals surface area contributed by atoms with Crippen molar-refractivity contribution in [3.05, 3.63) is 41.7 Å². The standard InChI is InChI=1S/C22H32N4OS/c1-16(2)21(27)23-19(14-17-10-6-4-7-11-17)20-24-25-22(26(20)3)28-15-18-12-8-5-9-13-18/h4,6-7,10-11,16,18-19H,5,8-9,12-15H2,1-3H3,(H,23,27). The summed E-state index contributed by atoms with van der Waals surface area (Å²) in [5.74, 6) is 2.70. The van der Waals surface area contributed by atoms with E-state index in [-0.39, 0.29) is 17.9 Å². The molecule has 1 aliphatic rings. The number of nitrogens with one attached hydrogen (secondary N) is 1. The van der Waals surface area contributed by atoms with Crippen LogP contribution in [0.2, 0.25) is 0 Å². The maximum absolute atomic E-state index is 12.4. The number of hydrogen-bond acceptors (Lipinski definition) is 4. The van der Waals surface area contributed by atoms with Crippen LogP contribution in [-0.2, 0) is 18.3 Å². The summed E-state index contributed by atoms with van der Waals surface area (Å²) in [6.07, 6.45) is 7.47. The molecule has 2 aromatic rings. The maximum atomic E-state index is 12.4. The number of carbonyl (C=O) groups excluding carboxylic acids is 1. The summed E-state index contributed by atoms with van der Waals surface area (Å²) in [5, 5.41) is 13.0. The molecule has 1 aromatic heterocycles. The van der Waals surface area contributed by atoms with Crippen LogP contribution in [0, 0.1) is 11.8 Å². The molecule has 0 saturated heterocycles. The highest BCUT2D eigenvalue weighted by Gasteiger charge is 2.24. The molecule has 3 rings (SSSR count). The van der Waals surface area contributed by atoms with Gasteiger partial charge in [-0.25, -0.2) is 0 Å². The Kier molecular flexibility index (Phi) is 7.54. The molecule has 1 unspecified atom stereocenters. The van der Waals surface area contributed by atoms with Crippen molar-refractivity contribution >= 4 is 17.7 Å². The lowest BCUT2D eigenvalue weighted by Crippen LogP contribution is -2.34. The van der Waals surface area contributed by atoms with Crippen molar-refractivity contribution < 1.29 is 4.79 Å². The summed E-state index contributed by atoms with van der Waals surface area (Å²) >= 11 is 1.80. The van der Waals surface area contributed by atoms with E-state index in [1.807, 2.05) is 39.1 Å². The molecule has 1 aromatic carbocycles. The molecule has 6 heteroatoms. The minimum absolute atomic E-state index is 0.0420. The number of nitrogens with zero attached hydrogens (tertiary/aromatic N) is 3. The highest BCUT2D eigenvalue weighted by atomic mass is 32.2. The van der Waals surface area contributed by atoms with Gasteiger partial charge in [-0.15, -0.1) is 10.2 Å². The molecule has 0 spiro atoms. The molecule has 28 heavy (non-hydrogen) atoms. The maximum Gasteiger partial charge on any atom is 0.223 e. The average Bonchev–Trinajstić information content (AvgIpc) is 3.07. The van der Waals surface area contributed by atoms with E-state index in [2.05, 4.69) is 32.2 Å². The molecule has 1 aliphatic carbocycles. The summed E-state index contributed by atoms with van der Waals surface area (Å²) in [6, 6.07) is 10.1. The van der Waals surface area contributed by atoms with Gasteiger partial charge >= 0.3 is 0 Å². The first kappa shape index (κ1) is 20.9. The SMILES string of the molecule is CC(C)C(=O)NC(Cc1ccccc1)c1nnc(SCC2CCCCC2)n1C. The first-order valence-electron chi connectivity index (χ1n) is 10.4. The molecule has 1 fully saturated rings. The van der Waals surface area contributed by atoms with Gasteiger partial charge in [0.2, 0.25) is 5.91 Å². The Balaban J connectivity index is 1.73. The highest BCUT2D eigenvalue weighted by Crippen LogP contribution is 2.30. The third-order valence-electron chi connectivity index (χ3n) is 5.48. The zero-order chi connectivity index (χ0) is 19.9. The Hall–Kier alpha value is -1.82. The molecule has 1 N–H and O–H groups in total. The van der Waals surface area contributed by atoms with Crippen LogP contribution >= 0.6 is 11.8 Å². The number of hydrogen-bond donors (Lipinski definition) is 1. The van der Waals surface area contributed by atoms with Gasteiger partial charge in [0.05, 0.1) is 6.04 Å². The van der Waals surface area contributed by atoms with Crippen LogP contribution in [0.1, 0.15) is 63.4 Å². The van der Waals surface area contributed by atoms with Crippen LogP contribution in [0.4, 0.5) is 0 Å². The van der Waals surface area contributed by atoms with Crippen LogP contribution in [0.5, 0.6) is 0 Å². The van der Waals surface area contributed by atoms with Gasteiger partial charge in [0, 0.05) is 18.7 Å². The molecule has 0 radical (unpaired) electrons. The predicted molar refractivity (Wildman–Crippen MR) is 114 cm³/mol. The van der Waals surface area contributed by atoms with Crippen molar-refractivity contribution in [2.24, 2.45) is 18.9 Å². The van der Waals surface area contributed by atoms with E-state index in [0.717, 1.165) is 22.7 Å². The molecular formula is C22H32N4OS. The summed E-state index contributed by atoms with van der Waals surface area (Å²) in [7, 11) is 2.01. The van der Waals surface area contributed by atoms with Crippen molar-refractivity contribution in [3.8, 4) is 0 Å². The van der Waals surface area contributed by atoms with E-state index in [9.17, 15) is 4.79 Å². The van der Waals surface area contributed by atoms with Crippen molar-refractivity contribution in [1.29, 1.82) is 0 Å². The molecule has 0 aliphatic heterocycles. The van der Waals surface area contributed by atoms with Gasteiger partial charge in [0.15, 0.2) is 11.0 Å². The zero-order valence-corrected chi connectivity index (χ0v) is 18.0. The largest absolute Gasteiger partial charge is 0.346 e. The van der Waals surface area contributed by atoms with Crippen molar-refractivity contribution in [1.82, 2.24) is 20.1 Å². The monoisotopic (exact) mass is 400 g/mol. The average molecular weight is 401 g/mol. The lowest BCUT2D eigenvalue weighted by Gasteiger charge is -2.21. The molecule has 1 heterocycles. The predicted octanol–water partition coefficient (Wildman–Crippen LogP) is 4.54. The molecule has 0 bridgehead atoms. The van der Waals surface area contributed by atoms with E-state index < -0.39 is 0 Å². The summed E-state index contributed by atoms with van der Waals surface area (Å²) in [5.41, 5.74) is 1.18. The third kappa shape index (κ3) is 5.60. The van der Waals surface area contributed by atoms with E-state index in [0.29, 0.717) is 6.42 Å². The second kappa shape index (κ2) is 10.1. The van der Waals surface area contributed by atoms with Crippen LogP contribution in [0.15, 0.2) is 35.5 Å². The van der Waals surface area contributed by atoms with Crippen LogP contribution < -0.4 is 5.32 Å². The van der Waals surface area contributed by atoms with E-state index in [4.69, 9.17) is 0 Å². The summed E-state index contributed by atoms with van der Waals surface area (Å²) < 4.78 is 2.06. The quantitative estimate of drug-likeness (QED) is 0.661. The van der Waals surface area contributed by atoms with Gasteiger partial charge in [-0.3, -0.25) is 4.79 Å². The number of amides is 1. The van der Waals surface area contributed by atoms with Crippen LogP contribution in [0.3, 0.4) is 0 Å². The molecular weight excluding hydrogens is 368 g/mol. The van der Waals surface area contributed by atoms with Crippen LogP contribution in [0.25, 0.3) is 0 Å². The Morgan fingerprint density at radius 3 is 2.57 bits per heavy atom. The van der Waals surface area contributed by atoms with E-state index in [1.54, 1.807) is 11.8 Å². The topological polar surface area (TPSA) is 59.8 Å². The van der Waals surface area contributed by atoms with E-state index in [1.165, 1.54) is 37.7 Å². The van der Waals surface area contributed by atoms with Gasteiger partial charge < -0.3 is 9.88 Å². The highest BCUT2D eigenvalue weighted by molar-refractivity contribution is 7.99. The lowest BCUT2D eigenvalue weighted by molar-refractivity contribution is -0.124. The fourth-order valence-electron chi connectivity index (χ4n) is 3.70. The van der Waals surface area contributed by atoms with E-state index >= 15 is 0 Å². The second-order valence-corrected chi connectivity index (χ2v) is 9.11. The molecule has 1 atom stereocenters. The first-order valence-corrected chi connectivity index (χ1v) is 11.4. The summed E-state index contributed by atoms with van der Waals surface area (Å²) in [6.45, 7) is 3.83. The van der Waals surface area contributed by atoms with Gasteiger partial charge in [-0.05, 0) is 30.7 Å². The van der Waals surface area contributed by atoms with Gasteiger partial charge in [-0.1, -0.05) is 75.2 Å². The fraction of sp³-hybridized carbons (Fsp3) is 0.591. The number of aromatic nitrogens is 3. The van der Waals surface area contributed by atoms with Gasteiger partial charge in [-0.2, -0.15) is 0 Å². The molecule has 152 valence electrons. The second-order valence-electron chi connectivity index (χ2n) is 8.12. The van der Waals surface area contributed by atoms with Crippen LogP contribution in [-0.4, -0.2) is 26.4 Å². The Bertz CT molecular complexity index is 753. The number of rotatable bonds is 8. The number of carbonyl (C=O) groups is 1. The number of benzene rings is 1. The fourth-order valence-corrected chi connectivity index (χ4v) is 4.80. The Morgan fingerprint density at radius 1 is 1.18 bits per heavy atom. The summed E-state index contributed by atoms with van der Waals surface area (Å²) in [4.78, 5) is 12.4. The first-order chi connectivity index (χ1) is 13.5. The van der Waals surface area contributed by atoms with Gasteiger partial charge in [0.25, 0.3) is 0 Å². The minimum Gasteiger partial charge on any atom is -0.346 e. The third-order valence-corrected chi connectivity index (χ3v) is 6.73. The Morgan fingerprint density at radius 2 is 1.89 bits per heavy atom. The van der Waals surface area contributed by atoms with Gasteiger partial charge in [0.1, 0.15) is 0 Å². The zero-order valence-electron chi connectivity index (χ0n) is 17.2. The normalized spacial score (nSPS) is 16.3. The minimum atomic E-state index is -0.182. The van der Waals surface area contributed by atoms with Crippen molar-refractivity contribution in [2.45, 2.75) is 63.6 Å². The van der Waals surface area contributed by atoms with Crippen molar-refractivity contribution in [2.75, 3.05) is 5.75 Å². The molecule has 1 saturated carbocycles. The number of thioether (sulfide) groups is 1. The smallest absolute Gasteiger partial charge is 0.223 e. The Labute approximate surface area is 172 Å². The lowest BCUT2D eigenvalue weighted by atomic mass is 9.91.